The van der Waals surface area contributed by atoms with Gasteiger partial charge in [-0.2, -0.15) is 5.10 Å². The number of hydrazone groups is 1. The highest BCUT2D eigenvalue weighted by atomic mass is 19.1. The van der Waals surface area contributed by atoms with Crippen LogP contribution in [-0.4, -0.2) is 31.5 Å². The van der Waals surface area contributed by atoms with Crippen LogP contribution in [0.4, 0.5) is 4.39 Å². The molecule has 0 aliphatic heterocycles. The van der Waals surface area contributed by atoms with Gasteiger partial charge in [-0.05, 0) is 61.4 Å². The smallest absolute Gasteiger partial charge is 0.260 e. The minimum atomic E-state index is -0.675. The summed E-state index contributed by atoms with van der Waals surface area (Å²) in [5.74, 6) is 5.34. The third kappa shape index (κ3) is 4.33. The van der Waals surface area contributed by atoms with Gasteiger partial charge in [0.2, 0.25) is 0 Å². The first kappa shape index (κ1) is 22.2. The molecule has 0 spiro atoms. The van der Waals surface area contributed by atoms with Crippen molar-refractivity contribution in [1.82, 2.24) is 14.1 Å². The van der Waals surface area contributed by atoms with Gasteiger partial charge in [-0.1, -0.05) is 18.2 Å². The molecule has 2 aromatic heterocycles. The van der Waals surface area contributed by atoms with Crippen molar-refractivity contribution in [2.45, 2.75) is 19.9 Å². The van der Waals surface area contributed by atoms with E-state index in [0.717, 1.165) is 16.9 Å². The number of imidazole rings is 1. The number of aromatic nitrogens is 3. The van der Waals surface area contributed by atoms with Crippen molar-refractivity contribution in [2.24, 2.45) is 10.9 Å². The van der Waals surface area contributed by atoms with E-state index < -0.39 is 11.9 Å². The second-order valence-corrected chi connectivity index (χ2v) is 7.79. The molecule has 0 bridgehead atoms. The Balaban J connectivity index is 1.75. The van der Waals surface area contributed by atoms with Crippen LogP contribution in [0.5, 0.6) is 0 Å². The van der Waals surface area contributed by atoms with Crippen molar-refractivity contribution < 1.29 is 9.50 Å². The van der Waals surface area contributed by atoms with E-state index >= 15 is 0 Å². The Hall–Kier alpha value is -4.04. The molecule has 0 aliphatic carbocycles. The molecule has 1 unspecified atom stereocenters. The lowest BCUT2D eigenvalue weighted by atomic mass is 10.00. The Kier molecular flexibility index (Phi) is 6.19. The second-order valence-electron chi connectivity index (χ2n) is 7.79. The van der Waals surface area contributed by atoms with Gasteiger partial charge in [0.15, 0.2) is 0 Å². The Labute approximate surface area is 190 Å². The third-order valence-corrected chi connectivity index (χ3v) is 5.58. The predicted octanol–water partition coefficient (Wildman–Crippen LogP) is 3.08. The predicted molar refractivity (Wildman–Crippen MR) is 125 cm³/mol. The highest BCUT2D eigenvalue weighted by Gasteiger charge is 2.19. The standard InChI is InChI=1S/C25H24FN5O2/c1-16-12-19(7-10-22(16)30-13-17(2)28-15-30)24(29-27)21-4-3-11-31(25(21)33)23(14-32)18-5-8-20(26)9-6-18/h3-13,15,23,32H,14,27H2,1-2H3/b29-24-. The maximum absolute atomic E-state index is 13.4. The number of nitrogens with zero attached hydrogens (tertiary/aromatic N) is 4. The van der Waals surface area contributed by atoms with Crippen molar-refractivity contribution in [3.63, 3.8) is 0 Å². The normalized spacial score (nSPS) is 12.7. The van der Waals surface area contributed by atoms with Gasteiger partial charge >= 0.3 is 0 Å². The van der Waals surface area contributed by atoms with E-state index in [1.165, 1.54) is 16.7 Å². The molecule has 2 aromatic carbocycles. The molecule has 4 rings (SSSR count). The minimum Gasteiger partial charge on any atom is -0.394 e. The number of hydrogen-bond donors (Lipinski definition) is 2. The van der Waals surface area contributed by atoms with Crippen molar-refractivity contribution in [3.8, 4) is 5.69 Å². The highest BCUT2D eigenvalue weighted by Crippen LogP contribution is 2.20. The summed E-state index contributed by atoms with van der Waals surface area (Å²) in [5, 5.41) is 13.9. The molecule has 168 valence electrons. The zero-order valence-corrected chi connectivity index (χ0v) is 18.3. The molecule has 0 saturated heterocycles. The van der Waals surface area contributed by atoms with Gasteiger partial charge in [0.05, 0.1) is 30.2 Å². The molecule has 4 aromatic rings. The Morgan fingerprint density at radius 3 is 2.55 bits per heavy atom. The number of aryl methyl sites for hydroxylation is 2. The van der Waals surface area contributed by atoms with Gasteiger partial charge in [-0.15, -0.1) is 0 Å². The Bertz CT molecular complexity index is 1370. The van der Waals surface area contributed by atoms with E-state index in [1.54, 1.807) is 36.8 Å². The first-order chi connectivity index (χ1) is 15.9. The number of aliphatic hydroxyl groups excluding tert-OH is 1. The first-order valence-electron chi connectivity index (χ1n) is 10.4. The summed E-state index contributed by atoms with van der Waals surface area (Å²) < 4.78 is 16.7. The molecule has 0 fully saturated rings. The zero-order chi connectivity index (χ0) is 23.5. The lowest BCUT2D eigenvalue weighted by Gasteiger charge is -2.19. The number of benzene rings is 2. The van der Waals surface area contributed by atoms with Gasteiger partial charge in [0, 0.05) is 23.6 Å². The number of nitrogens with two attached hydrogens (primary N) is 1. The van der Waals surface area contributed by atoms with E-state index in [1.807, 2.05) is 42.8 Å². The SMILES string of the molecule is Cc1cn(-c2ccc(/C(=N/N)c3cccn(C(CO)c4ccc(F)cc4)c3=O)cc2C)cn1. The minimum absolute atomic E-state index is 0.297. The fraction of sp³-hybridized carbons (Fsp3) is 0.160. The number of aliphatic hydroxyl groups is 1. The molecule has 8 heteroatoms. The van der Waals surface area contributed by atoms with Gasteiger partial charge in [-0.25, -0.2) is 9.37 Å². The van der Waals surface area contributed by atoms with E-state index in [9.17, 15) is 14.3 Å². The van der Waals surface area contributed by atoms with Gasteiger partial charge < -0.3 is 20.1 Å². The Morgan fingerprint density at radius 1 is 1.18 bits per heavy atom. The Morgan fingerprint density at radius 2 is 1.94 bits per heavy atom. The van der Waals surface area contributed by atoms with Crippen LogP contribution in [0.25, 0.3) is 5.69 Å². The molecule has 2 heterocycles. The van der Waals surface area contributed by atoms with E-state index in [2.05, 4.69) is 10.1 Å². The summed E-state index contributed by atoms with van der Waals surface area (Å²) in [6, 6.07) is 14.0. The topological polar surface area (TPSA) is 98.4 Å². The number of pyridine rings is 1. The van der Waals surface area contributed by atoms with Crippen LogP contribution in [0.2, 0.25) is 0 Å². The van der Waals surface area contributed by atoms with Gasteiger partial charge in [0.1, 0.15) is 11.5 Å². The molecular weight excluding hydrogens is 421 g/mol. The molecule has 3 N–H and O–H groups in total. The van der Waals surface area contributed by atoms with E-state index in [4.69, 9.17) is 5.84 Å². The van der Waals surface area contributed by atoms with Crippen LogP contribution in [-0.2, 0) is 0 Å². The molecule has 1 atom stereocenters. The van der Waals surface area contributed by atoms with Crippen LogP contribution in [0, 0.1) is 19.7 Å². The largest absolute Gasteiger partial charge is 0.394 e. The second kappa shape index (κ2) is 9.22. The van der Waals surface area contributed by atoms with E-state index in [-0.39, 0.29) is 12.2 Å². The average Bonchev–Trinajstić information content (AvgIpc) is 3.24. The molecule has 0 radical (unpaired) electrons. The maximum Gasteiger partial charge on any atom is 0.260 e. The number of rotatable bonds is 6. The van der Waals surface area contributed by atoms with Crippen LogP contribution in [0.15, 0.2) is 83.2 Å². The fourth-order valence-electron chi connectivity index (χ4n) is 3.92. The van der Waals surface area contributed by atoms with Gasteiger partial charge in [-0.3, -0.25) is 4.79 Å². The molecule has 0 aliphatic rings. The molecule has 0 amide bonds. The molecule has 33 heavy (non-hydrogen) atoms. The quantitative estimate of drug-likeness (QED) is 0.271. The van der Waals surface area contributed by atoms with Crippen molar-refractivity contribution in [1.29, 1.82) is 0 Å². The fourth-order valence-corrected chi connectivity index (χ4v) is 3.92. The van der Waals surface area contributed by atoms with E-state index in [0.29, 0.717) is 22.4 Å². The third-order valence-electron chi connectivity index (χ3n) is 5.58. The van der Waals surface area contributed by atoms with Crippen molar-refractivity contribution >= 4 is 5.71 Å². The van der Waals surface area contributed by atoms with Crippen molar-refractivity contribution in [3.05, 3.63) is 117 Å². The monoisotopic (exact) mass is 445 g/mol. The van der Waals surface area contributed by atoms with Gasteiger partial charge in [0.25, 0.3) is 5.56 Å². The zero-order valence-electron chi connectivity index (χ0n) is 18.3. The molecular formula is C25H24FN5O2. The first-order valence-corrected chi connectivity index (χ1v) is 10.4. The highest BCUT2D eigenvalue weighted by molar-refractivity contribution is 6.12. The molecule has 7 nitrogen and oxygen atoms in total. The summed E-state index contributed by atoms with van der Waals surface area (Å²) in [7, 11) is 0. The summed E-state index contributed by atoms with van der Waals surface area (Å²) in [6.45, 7) is 3.55. The lowest BCUT2D eigenvalue weighted by Crippen LogP contribution is -2.32. The average molecular weight is 445 g/mol. The summed E-state index contributed by atoms with van der Waals surface area (Å²) >= 11 is 0. The van der Waals surface area contributed by atoms with Crippen LogP contribution >= 0.6 is 0 Å². The maximum atomic E-state index is 13.4. The summed E-state index contributed by atoms with van der Waals surface area (Å²) in [4.78, 5) is 17.7. The number of hydrogen-bond acceptors (Lipinski definition) is 5. The summed E-state index contributed by atoms with van der Waals surface area (Å²) in [5.41, 5.74) is 4.39. The molecule has 0 saturated carbocycles. The van der Waals surface area contributed by atoms with Crippen LogP contribution < -0.4 is 11.4 Å². The number of halogens is 1. The summed E-state index contributed by atoms with van der Waals surface area (Å²) in [6.07, 6.45) is 5.26. The van der Waals surface area contributed by atoms with Crippen molar-refractivity contribution in [2.75, 3.05) is 6.61 Å². The lowest BCUT2D eigenvalue weighted by molar-refractivity contribution is 0.247. The van der Waals surface area contributed by atoms with Crippen LogP contribution in [0.1, 0.15) is 34.0 Å². The van der Waals surface area contributed by atoms with Crippen LogP contribution in [0.3, 0.4) is 0 Å².